The van der Waals surface area contributed by atoms with Gasteiger partial charge in [0.1, 0.15) is 5.60 Å². The Balaban J connectivity index is 1.73. The number of hydrogen-bond acceptors (Lipinski definition) is 3. The van der Waals surface area contributed by atoms with Gasteiger partial charge in [-0.05, 0) is 25.7 Å². The summed E-state index contributed by atoms with van der Waals surface area (Å²) < 4.78 is 5.25. The Labute approximate surface area is 73.1 Å². The summed E-state index contributed by atoms with van der Waals surface area (Å²) in [4.78, 5) is 0. The van der Waals surface area contributed by atoms with Gasteiger partial charge in [0, 0.05) is 19.2 Å². The van der Waals surface area contributed by atoms with Gasteiger partial charge in [0.15, 0.2) is 0 Å². The van der Waals surface area contributed by atoms with Gasteiger partial charge in [-0.25, -0.2) is 0 Å². The minimum Gasteiger partial charge on any atom is -0.386 e. The van der Waals surface area contributed by atoms with E-state index in [-0.39, 0.29) is 0 Å². The molecule has 2 N–H and O–H groups in total. The molecular formula is C9H17NO2. The summed E-state index contributed by atoms with van der Waals surface area (Å²) in [6.07, 6.45) is 4.42. The molecule has 1 saturated heterocycles. The molecule has 0 radical (unpaired) electrons. The molecule has 0 amide bonds. The lowest BCUT2D eigenvalue weighted by molar-refractivity contribution is -0.0833. The van der Waals surface area contributed by atoms with Crippen LogP contribution >= 0.6 is 0 Å². The fourth-order valence-corrected chi connectivity index (χ4v) is 1.60. The van der Waals surface area contributed by atoms with Crippen molar-refractivity contribution in [3.8, 4) is 0 Å². The predicted octanol–water partition coefficient (Wildman–Crippen LogP) is 0.280. The van der Waals surface area contributed by atoms with Crippen LogP contribution in [0.3, 0.4) is 0 Å². The number of aliphatic hydroxyl groups is 1. The van der Waals surface area contributed by atoms with Crippen LogP contribution in [0.4, 0.5) is 0 Å². The first-order valence-electron chi connectivity index (χ1n) is 4.82. The Hall–Kier alpha value is -0.120. The molecule has 70 valence electrons. The van der Waals surface area contributed by atoms with E-state index < -0.39 is 5.60 Å². The van der Waals surface area contributed by atoms with Gasteiger partial charge in [0.2, 0.25) is 0 Å². The summed E-state index contributed by atoms with van der Waals surface area (Å²) >= 11 is 0. The average molecular weight is 171 g/mol. The lowest BCUT2D eigenvalue weighted by Crippen LogP contribution is -2.47. The molecule has 1 atom stereocenters. The van der Waals surface area contributed by atoms with E-state index in [4.69, 9.17) is 4.74 Å². The van der Waals surface area contributed by atoms with E-state index in [2.05, 4.69) is 5.32 Å². The number of rotatable bonds is 3. The average Bonchev–Trinajstić information content (AvgIpc) is 2.85. The molecule has 1 unspecified atom stereocenters. The lowest BCUT2D eigenvalue weighted by atomic mass is 9.97. The molecule has 12 heavy (non-hydrogen) atoms. The molecule has 0 bridgehead atoms. The van der Waals surface area contributed by atoms with Gasteiger partial charge in [0.05, 0.1) is 6.61 Å². The summed E-state index contributed by atoms with van der Waals surface area (Å²) in [5.41, 5.74) is -0.582. The fourth-order valence-electron chi connectivity index (χ4n) is 1.60. The highest BCUT2D eigenvalue weighted by molar-refractivity contribution is 4.88. The molecule has 0 spiro atoms. The second kappa shape index (κ2) is 3.32. The van der Waals surface area contributed by atoms with Crippen LogP contribution in [-0.4, -0.2) is 36.5 Å². The Morgan fingerprint density at radius 1 is 1.50 bits per heavy atom. The van der Waals surface area contributed by atoms with E-state index in [1.165, 1.54) is 12.8 Å². The molecule has 2 aliphatic rings. The quantitative estimate of drug-likeness (QED) is 0.641. The van der Waals surface area contributed by atoms with Crippen LogP contribution in [0.1, 0.15) is 25.7 Å². The van der Waals surface area contributed by atoms with Gasteiger partial charge in [-0.15, -0.1) is 0 Å². The maximum absolute atomic E-state index is 9.96. The van der Waals surface area contributed by atoms with Crippen molar-refractivity contribution in [1.29, 1.82) is 0 Å². The number of ether oxygens (including phenoxy) is 1. The van der Waals surface area contributed by atoms with Crippen molar-refractivity contribution in [2.45, 2.75) is 37.3 Å². The van der Waals surface area contributed by atoms with Gasteiger partial charge in [-0.2, -0.15) is 0 Å². The van der Waals surface area contributed by atoms with Crippen molar-refractivity contribution >= 4 is 0 Å². The third-order valence-corrected chi connectivity index (χ3v) is 2.60. The molecule has 1 saturated carbocycles. The normalized spacial score (nSPS) is 36.8. The zero-order chi connectivity index (χ0) is 8.44. The largest absolute Gasteiger partial charge is 0.386 e. The van der Waals surface area contributed by atoms with Crippen molar-refractivity contribution in [3.05, 3.63) is 0 Å². The van der Waals surface area contributed by atoms with E-state index in [1.54, 1.807) is 0 Å². The van der Waals surface area contributed by atoms with Gasteiger partial charge < -0.3 is 15.2 Å². The van der Waals surface area contributed by atoms with Crippen LogP contribution in [0, 0.1) is 0 Å². The molecule has 1 heterocycles. The Morgan fingerprint density at radius 2 is 2.33 bits per heavy atom. The van der Waals surface area contributed by atoms with Gasteiger partial charge in [-0.3, -0.25) is 0 Å². The van der Waals surface area contributed by atoms with E-state index in [1.807, 2.05) is 0 Å². The molecule has 3 heteroatoms. The summed E-state index contributed by atoms with van der Waals surface area (Å²) in [6.45, 7) is 2.02. The lowest BCUT2D eigenvalue weighted by Gasteiger charge is -2.32. The van der Waals surface area contributed by atoms with E-state index in [0.29, 0.717) is 19.2 Å². The Kier molecular flexibility index (Phi) is 2.35. The van der Waals surface area contributed by atoms with Crippen LogP contribution in [-0.2, 0) is 4.74 Å². The van der Waals surface area contributed by atoms with Crippen LogP contribution in [0.5, 0.6) is 0 Å². The second-order valence-electron chi connectivity index (χ2n) is 4.04. The number of hydrogen-bond donors (Lipinski definition) is 2. The predicted molar refractivity (Wildman–Crippen MR) is 46.0 cm³/mol. The van der Waals surface area contributed by atoms with Crippen molar-refractivity contribution < 1.29 is 9.84 Å². The van der Waals surface area contributed by atoms with Crippen LogP contribution in [0.15, 0.2) is 0 Å². The smallest absolute Gasteiger partial charge is 0.100 e. The summed E-state index contributed by atoms with van der Waals surface area (Å²) in [6, 6.07) is 0.677. The summed E-state index contributed by atoms with van der Waals surface area (Å²) in [5, 5.41) is 13.3. The molecule has 2 rings (SSSR count). The highest BCUT2D eigenvalue weighted by Gasteiger charge is 2.32. The minimum absolute atomic E-state index is 0.507. The third kappa shape index (κ3) is 2.19. The van der Waals surface area contributed by atoms with Gasteiger partial charge in [-0.1, -0.05) is 0 Å². The SMILES string of the molecule is OC1(CNC2CC2)CCCOC1. The maximum atomic E-state index is 9.96. The first-order chi connectivity index (χ1) is 5.79. The second-order valence-corrected chi connectivity index (χ2v) is 4.04. The third-order valence-electron chi connectivity index (χ3n) is 2.60. The zero-order valence-corrected chi connectivity index (χ0v) is 7.38. The standard InChI is InChI=1S/C9H17NO2/c11-9(4-1-5-12-7-9)6-10-8-2-3-8/h8,10-11H,1-7H2. The Morgan fingerprint density at radius 3 is 2.92 bits per heavy atom. The maximum Gasteiger partial charge on any atom is 0.100 e. The first-order valence-corrected chi connectivity index (χ1v) is 4.82. The van der Waals surface area contributed by atoms with Crippen LogP contribution < -0.4 is 5.32 Å². The molecular weight excluding hydrogens is 154 g/mol. The van der Waals surface area contributed by atoms with Crippen molar-refractivity contribution in [3.63, 3.8) is 0 Å². The molecule has 0 aromatic heterocycles. The molecule has 2 fully saturated rings. The first kappa shape index (κ1) is 8.48. The van der Waals surface area contributed by atoms with Crippen molar-refractivity contribution in [2.75, 3.05) is 19.8 Å². The molecule has 3 nitrogen and oxygen atoms in total. The van der Waals surface area contributed by atoms with E-state index in [0.717, 1.165) is 19.4 Å². The fraction of sp³-hybridized carbons (Fsp3) is 1.00. The van der Waals surface area contributed by atoms with Crippen molar-refractivity contribution in [1.82, 2.24) is 5.32 Å². The van der Waals surface area contributed by atoms with Crippen LogP contribution in [0.25, 0.3) is 0 Å². The molecule has 0 aromatic carbocycles. The molecule has 0 aromatic rings. The molecule has 1 aliphatic carbocycles. The monoisotopic (exact) mass is 171 g/mol. The number of nitrogens with one attached hydrogen (secondary N) is 1. The molecule has 1 aliphatic heterocycles. The summed E-state index contributed by atoms with van der Waals surface area (Å²) in [7, 11) is 0. The Bertz CT molecular complexity index is 151. The van der Waals surface area contributed by atoms with E-state index >= 15 is 0 Å². The van der Waals surface area contributed by atoms with Gasteiger partial charge in [0.25, 0.3) is 0 Å². The minimum atomic E-state index is -0.582. The van der Waals surface area contributed by atoms with Crippen LogP contribution in [0.2, 0.25) is 0 Å². The highest BCUT2D eigenvalue weighted by Crippen LogP contribution is 2.22. The van der Waals surface area contributed by atoms with E-state index in [9.17, 15) is 5.11 Å². The van der Waals surface area contributed by atoms with Gasteiger partial charge >= 0.3 is 0 Å². The topological polar surface area (TPSA) is 41.5 Å². The highest BCUT2D eigenvalue weighted by atomic mass is 16.5. The van der Waals surface area contributed by atoms with Crippen molar-refractivity contribution in [2.24, 2.45) is 0 Å². The zero-order valence-electron chi connectivity index (χ0n) is 7.38. The summed E-state index contributed by atoms with van der Waals surface area (Å²) in [5.74, 6) is 0.